The molecule has 3 atom stereocenters. The summed E-state index contributed by atoms with van der Waals surface area (Å²) in [6, 6.07) is 12.0. The number of amides is 1. The Morgan fingerprint density at radius 3 is 2.64 bits per heavy atom. The van der Waals surface area contributed by atoms with Crippen molar-refractivity contribution in [3.63, 3.8) is 0 Å². The molecule has 6 heterocycles. The Hall–Kier alpha value is -4.43. The number of hydrogen-bond donors (Lipinski definition) is 2. The second-order valence-electron chi connectivity index (χ2n) is 17.6. The number of nitrogens with zero attached hydrogens (tertiary/aromatic N) is 5. The van der Waals surface area contributed by atoms with E-state index in [9.17, 15) is 18.4 Å². The van der Waals surface area contributed by atoms with E-state index in [0.717, 1.165) is 84.1 Å². The van der Waals surface area contributed by atoms with Crippen LogP contribution in [0, 0.1) is 5.41 Å². The standard InChI is InChI=1S/C45H57F2N7O4/c1-6-53-39-10-9-29-20-34(39)36(41(53)35-21-32(23-49-40(35)27(2)3)52-13-12-51-14-15-57-25-33(51)24-52)22-45(4,5)26-58-44(56)38-8-7-11-54(50-38)43(55)37(48)18-28-16-30(29)19-31(17-28)42(46)47/h9-10,16-17,19-21,23,27,33,37-38,42,50H,6-8,11-15,18,22,24-26,48H2,1-5H3/t33-,37-,38-/m0/s1. The maximum absolute atomic E-state index is 14.5. The number of esters is 1. The van der Waals surface area contributed by atoms with Crippen molar-refractivity contribution in [1.29, 1.82) is 0 Å². The lowest BCUT2D eigenvalue weighted by Crippen LogP contribution is -2.59. The number of morpholine rings is 1. The minimum atomic E-state index is -2.71. The van der Waals surface area contributed by atoms with Gasteiger partial charge < -0.3 is 24.7 Å². The van der Waals surface area contributed by atoms with Gasteiger partial charge in [0.05, 0.1) is 55.2 Å². The van der Waals surface area contributed by atoms with Crippen molar-refractivity contribution in [2.75, 3.05) is 57.4 Å². The summed E-state index contributed by atoms with van der Waals surface area (Å²) in [7, 11) is 0. The van der Waals surface area contributed by atoms with Crippen molar-refractivity contribution in [1.82, 2.24) is 24.9 Å². The molecule has 8 rings (SSSR count). The third-order valence-corrected chi connectivity index (χ3v) is 12.4. The Bertz CT molecular complexity index is 2190. The van der Waals surface area contributed by atoms with E-state index in [-0.39, 0.29) is 24.5 Å². The van der Waals surface area contributed by atoms with Crippen LogP contribution in [0.1, 0.15) is 82.2 Å². The van der Waals surface area contributed by atoms with Gasteiger partial charge in [-0.05, 0) is 85.0 Å². The van der Waals surface area contributed by atoms with Crippen molar-refractivity contribution in [2.45, 2.75) is 97.3 Å². The Morgan fingerprint density at radius 1 is 1.03 bits per heavy atom. The van der Waals surface area contributed by atoms with Crippen LogP contribution in [0.5, 0.6) is 0 Å². The summed E-state index contributed by atoms with van der Waals surface area (Å²) in [6.45, 7) is 17.1. The molecule has 0 saturated carbocycles. The van der Waals surface area contributed by atoms with Crippen molar-refractivity contribution < 1.29 is 27.8 Å². The quantitative estimate of drug-likeness (QED) is 0.220. The Kier molecular flexibility index (Phi) is 11.4. The first-order valence-corrected chi connectivity index (χ1v) is 20.9. The number of piperazine rings is 1. The number of halogens is 2. The summed E-state index contributed by atoms with van der Waals surface area (Å²) in [5, 5.41) is 2.40. The summed E-state index contributed by atoms with van der Waals surface area (Å²) in [5.74, 6) is -0.689. The number of fused-ring (bicyclic) bond motifs is 7. The van der Waals surface area contributed by atoms with Gasteiger partial charge in [-0.3, -0.25) is 24.5 Å². The van der Waals surface area contributed by atoms with Gasteiger partial charge >= 0.3 is 5.97 Å². The molecule has 13 heteroatoms. The molecule has 2 aromatic heterocycles. The minimum Gasteiger partial charge on any atom is -0.464 e. The molecule has 0 spiro atoms. The first kappa shape index (κ1) is 40.4. The predicted molar refractivity (Wildman–Crippen MR) is 222 cm³/mol. The lowest BCUT2D eigenvalue weighted by molar-refractivity contribution is -0.154. The zero-order valence-corrected chi connectivity index (χ0v) is 34.4. The molecule has 310 valence electrons. The second-order valence-corrected chi connectivity index (χ2v) is 17.6. The van der Waals surface area contributed by atoms with E-state index >= 15 is 0 Å². The fraction of sp³-hybridized carbons (Fsp3) is 0.533. The summed E-state index contributed by atoms with van der Waals surface area (Å²) in [5.41, 5.74) is 17.2. The molecule has 2 aromatic carbocycles. The number of carbonyl (C=O) groups excluding carboxylic acids is 2. The van der Waals surface area contributed by atoms with Gasteiger partial charge in [-0.25, -0.2) is 14.2 Å². The van der Waals surface area contributed by atoms with Gasteiger partial charge in [-0.1, -0.05) is 45.9 Å². The van der Waals surface area contributed by atoms with Crippen LogP contribution < -0.4 is 16.1 Å². The highest BCUT2D eigenvalue weighted by molar-refractivity contribution is 5.96. The SMILES string of the molecule is CCn1c(-c2cc(N3CCN4CCOC[C@@H]4C3)cnc2C(C)C)c2c3cc(ccc31)-c1cc(cc(C(F)F)c1)C[C@H](N)C(=O)N1CCC[C@H](N1)C(=O)OCC(C)(C)C2. The summed E-state index contributed by atoms with van der Waals surface area (Å²) in [6.07, 6.45) is 1.02. The molecule has 11 nitrogen and oxygen atoms in total. The number of rotatable bonds is 5. The molecule has 3 fully saturated rings. The van der Waals surface area contributed by atoms with Crippen LogP contribution in [-0.4, -0.2) is 102 Å². The van der Waals surface area contributed by atoms with Crippen molar-refractivity contribution in [3.8, 4) is 22.4 Å². The van der Waals surface area contributed by atoms with Gasteiger partial charge in [-0.2, -0.15) is 0 Å². The first-order valence-electron chi connectivity index (χ1n) is 20.9. The van der Waals surface area contributed by atoms with E-state index in [1.54, 1.807) is 6.07 Å². The molecule has 0 radical (unpaired) electrons. The van der Waals surface area contributed by atoms with Crippen LogP contribution in [0.25, 0.3) is 33.3 Å². The zero-order chi connectivity index (χ0) is 40.9. The molecule has 1 amide bonds. The van der Waals surface area contributed by atoms with Gasteiger partial charge in [0.2, 0.25) is 0 Å². The zero-order valence-electron chi connectivity index (χ0n) is 34.4. The predicted octanol–water partition coefficient (Wildman–Crippen LogP) is 6.46. The number of hydrazine groups is 1. The number of carbonyl (C=O) groups is 2. The lowest BCUT2D eigenvalue weighted by atomic mass is 9.83. The average Bonchev–Trinajstić information content (AvgIpc) is 3.52. The molecule has 6 bridgehead atoms. The maximum atomic E-state index is 14.5. The molecule has 3 N–H and O–H groups in total. The molecule has 0 unspecified atom stereocenters. The van der Waals surface area contributed by atoms with Gasteiger partial charge in [-0.15, -0.1) is 0 Å². The Morgan fingerprint density at radius 2 is 1.86 bits per heavy atom. The minimum absolute atomic E-state index is 0.0574. The second kappa shape index (κ2) is 16.3. The molecule has 4 aromatic rings. The number of anilines is 1. The number of nitrogens with two attached hydrogens (primary N) is 1. The van der Waals surface area contributed by atoms with Crippen molar-refractivity contribution in [3.05, 3.63) is 71.0 Å². The molecular weight excluding hydrogens is 741 g/mol. The molecular formula is C45H57F2N7O4. The van der Waals surface area contributed by atoms with Crippen LogP contribution in [0.15, 0.2) is 48.7 Å². The fourth-order valence-corrected chi connectivity index (χ4v) is 9.37. The third kappa shape index (κ3) is 7.98. The summed E-state index contributed by atoms with van der Waals surface area (Å²) < 4.78 is 43.3. The van der Waals surface area contributed by atoms with E-state index in [0.29, 0.717) is 49.5 Å². The lowest BCUT2D eigenvalue weighted by Gasteiger charge is -2.44. The van der Waals surface area contributed by atoms with E-state index < -0.39 is 35.8 Å². The van der Waals surface area contributed by atoms with E-state index in [1.807, 2.05) is 18.3 Å². The number of aryl methyl sites for hydroxylation is 1. The molecule has 4 aliphatic rings. The summed E-state index contributed by atoms with van der Waals surface area (Å²) >= 11 is 0. The van der Waals surface area contributed by atoms with E-state index in [4.69, 9.17) is 20.2 Å². The molecule has 0 aliphatic carbocycles. The Balaban J connectivity index is 1.31. The maximum Gasteiger partial charge on any atom is 0.324 e. The van der Waals surface area contributed by atoms with Crippen LogP contribution in [-0.2, 0) is 38.4 Å². The van der Waals surface area contributed by atoms with Gasteiger partial charge in [0.1, 0.15) is 6.04 Å². The van der Waals surface area contributed by atoms with Crippen LogP contribution in [0.2, 0.25) is 0 Å². The van der Waals surface area contributed by atoms with Crippen LogP contribution in [0.3, 0.4) is 0 Å². The normalized spacial score (nSPS) is 23.3. The molecule has 58 heavy (non-hydrogen) atoms. The summed E-state index contributed by atoms with van der Waals surface area (Å²) in [4.78, 5) is 37.3. The number of aromatic nitrogens is 2. The van der Waals surface area contributed by atoms with Gasteiger partial charge in [0, 0.05) is 66.7 Å². The average molecular weight is 798 g/mol. The number of nitrogens with one attached hydrogen (secondary N) is 1. The molecule has 4 aliphatic heterocycles. The first-order chi connectivity index (χ1) is 27.8. The highest BCUT2D eigenvalue weighted by Crippen LogP contribution is 2.43. The number of benzene rings is 2. The number of alkyl halides is 2. The van der Waals surface area contributed by atoms with Crippen LogP contribution >= 0.6 is 0 Å². The van der Waals surface area contributed by atoms with Crippen molar-refractivity contribution >= 4 is 28.5 Å². The highest BCUT2D eigenvalue weighted by Gasteiger charge is 2.35. The number of pyridine rings is 1. The topological polar surface area (TPSA) is 118 Å². The molecule has 3 saturated heterocycles. The van der Waals surface area contributed by atoms with E-state index in [2.05, 4.69) is 72.6 Å². The van der Waals surface area contributed by atoms with Crippen LogP contribution in [0.4, 0.5) is 14.5 Å². The smallest absolute Gasteiger partial charge is 0.324 e. The van der Waals surface area contributed by atoms with Gasteiger partial charge in [0.15, 0.2) is 0 Å². The largest absolute Gasteiger partial charge is 0.464 e. The Labute approximate surface area is 339 Å². The van der Waals surface area contributed by atoms with Crippen molar-refractivity contribution in [2.24, 2.45) is 11.1 Å². The van der Waals surface area contributed by atoms with E-state index in [1.165, 1.54) is 11.1 Å². The number of ether oxygens (including phenoxy) is 2. The number of hydrogen-bond acceptors (Lipinski definition) is 9. The fourth-order valence-electron chi connectivity index (χ4n) is 9.37. The third-order valence-electron chi connectivity index (χ3n) is 12.4. The number of cyclic esters (lactones) is 1. The highest BCUT2D eigenvalue weighted by atomic mass is 19.3. The monoisotopic (exact) mass is 797 g/mol. The van der Waals surface area contributed by atoms with Gasteiger partial charge in [0.25, 0.3) is 12.3 Å².